The maximum Gasteiger partial charge on any atom is 0.322 e. The van der Waals surface area contributed by atoms with Gasteiger partial charge in [0.25, 0.3) is 0 Å². The molecule has 1 aliphatic carbocycles. The van der Waals surface area contributed by atoms with Crippen LogP contribution in [0.25, 0.3) is 10.9 Å². The van der Waals surface area contributed by atoms with Crippen LogP contribution in [0.2, 0.25) is 0 Å². The molecule has 0 amide bonds. The van der Waals surface area contributed by atoms with Gasteiger partial charge in [-0.15, -0.1) is 0 Å². The number of pyridine rings is 1. The molecule has 1 saturated carbocycles. The molecule has 0 radical (unpaired) electrons. The number of aliphatic hydroxyl groups is 1. The predicted molar refractivity (Wildman–Crippen MR) is 105 cm³/mol. The van der Waals surface area contributed by atoms with Crippen molar-refractivity contribution in [3.8, 4) is 5.75 Å². The zero-order valence-corrected chi connectivity index (χ0v) is 15.8. The van der Waals surface area contributed by atoms with Gasteiger partial charge in [-0.1, -0.05) is 6.07 Å². The van der Waals surface area contributed by atoms with Crippen molar-refractivity contribution in [1.82, 2.24) is 15.0 Å². The smallest absolute Gasteiger partial charge is 0.322 e. The number of nitrogens with zero attached hydrogens (tertiary/aromatic N) is 3. The SMILES string of the molecule is O[C@H]1CC[C@H](Nc2ncc3ccc(OCC(F)(F)c4ccccn4)cc3n2)CC1. The number of ether oxygens (including phenoxy) is 1. The molecule has 0 saturated heterocycles. The Morgan fingerprint density at radius 2 is 1.93 bits per heavy atom. The summed E-state index contributed by atoms with van der Waals surface area (Å²) in [5, 5.41) is 13.7. The van der Waals surface area contributed by atoms with Gasteiger partial charge in [-0.05, 0) is 49.9 Å². The lowest BCUT2D eigenvalue weighted by Gasteiger charge is -2.26. The molecule has 1 aliphatic rings. The number of hydrogen-bond donors (Lipinski definition) is 2. The second-order valence-electron chi connectivity index (χ2n) is 7.27. The van der Waals surface area contributed by atoms with E-state index < -0.39 is 12.5 Å². The standard InChI is InChI=1S/C21H22F2N4O2/c22-21(23,19-3-1-2-10-24-19)13-29-17-9-4-14-12-25-20(27-18(14)11-17)26-15-5-7-16(28)8-6-15/h1-4,9-12,15-16,28H,5-8,13H2,(H,25,26,27)/t15-,16-. The third kappa shape index (κ3) is 4.76. The average Bonchev–Trinajstić information content (AvgIpc) is 2.74. The molecule has 0 aliphatic heterocycles. The zero-order valence-electron chi connectivity index (χ0n) is 15.8. The van der Waals surface area contributed by atoms with E-state index in [1.54, 1.807) is 30.5 Å². The van der Waals surface area contributed by atoms with Crippen LogP contribution in [-0.4, -0.2) is 38.8 Å². The van der Waals surface area contributed by atoms with Crippen molar-refractivity contribution in [3.05, 3.63) is 54.5 Å². The first-order valence-corrected chi connectivity index (χ1v) is 9.63. The van der Waals surface area contributed by atoms with E-state index in [2.05, 4.69) is 20.3 Å². The lowest BCUT2D eigenvalue weighted by molar-refractivity contribution is -0.0504. The quantitative estimate of drug-likeness (QED) is 0.653. The van der Waals surface area contributed by atoms with Gasteiger partial charge in [0.15, 0.2) is 6.61 Å². The summed E-state index contributed by atoms with van der Waals surface area (Å²) in [5.74, 6) is -2.41. The number of hydrogen-bond acceptors (Lipinski definition) is 6. The molecule has 2 heterocycles. The van der Waals surface area contributed by atoms with Crippen LogP contribution in [0.5, 0.6) is 5.75 Å². The van der Waals surface area contributed by atoms with Crippen LogP contribution in [-0.2, 0) is 5.92 Å². The van der Waals surface area contributed by atoms with Gasteiger partial charge in [0.1, 0.15) is 11.4 Å². The summed E-state index contributed by atoms with van der Waals surface area (Å²) in [5.41, 5.74) is 0.282. The lowest BCUT2D eigenvalue weighted by atomic mass is 9.93. The minimum absolute atomic E-state index is 0.215. The van der Waals surface area contributed by atoms with E-state index in [4.69, 9.17) is 4.74 Å². The van der Waals surface area contributed by atoms with Crippen molar-refractivity contribution >= 4 is 16.9 Å². The number of aliphatic hydroxyl groups excluding tert-OH is 1. The Morgan fingerprint density at radius 3 is 2.69 bits per heavy atom. The Labute approximate surface area is 167 Å². The molecule has 0 spiro atoms. The van der Waals surface area contributed by atoms with Crippen molar-refractivity contribution in [3.63, 3.8) is 0 Å². The highest BCUT2D eigenvalue weighted by Gasteiger charge is 2.34. The van der Waals surface area contributed by atoms with E-state index in [0.29, 0.717) is 17.2 Å². The number of rotatable bonds is 6. The first-order valence-electron chi connectivity index (χ1n) is 9.63. The Bertz CT molecular complexity index is 963. The first-order chi connectivity index (χ1) is 14.0. The summed E-state index contributed by atoms with van der Waals surface area (Å²) in [7, 11) is 0. The Balaban J connectivity index is 1.45. The van der Waals surface area contributed by atoms with Crippen LogP contribution >= 0.6 is 0 Å². The zero-order chi connectivity index (χ0) is 20.3. The summed E-state index contributed by atoms with van der Waals surface area (Å²) in [6.45, 7) is -0.809. The molecule has 6 nitrogen and oxygen atoms in total. The van der Waals surface area contributed by atoms with Gasteiger partial charge in [0, 0.05) is 29.9 Å². The van der Waals surface area contributed by atoms with E-state index in [0.717, 1.165) is 31.1 Å². The van der Waals surface area contributed by atoms with Crippen molar-refractivity contribution in [2.45, 2.75) is 43.8 Å². The molecule has 4 rings (SSSR count). The Morgan fingerprint density at radius 1 is 1.10 bits per heavy atom. The number of benzene rings is 1. The maximum absolute atomic E-state index is 14.3. The predicted octanol–water partition coefficient (Wildman–Crippen LogP) is 3.91. The number of alkyl halides is 2. The van der Waals surface area contributed by atoms with E-state index in [1.165, 1.54) is 18.3 Å². The highest BCUT2D eigenvalue weighted by Crippen LogP contribution is 2.28. The lowest BCUT2D eigenvalue weighted by Crippen LogP contribution is -2.28. The summed E-state index contributed by atoms with van der Waals surface area (Å²) in [6.07, 6.45) is 6.02. The van der Waals surface area contributed by atoms with Gasteiger partial charge in [-0.2, -0.15) is 8.78 Å². The van der Waals surface area contributed by atoms with Gasteiger partial charge in [0.05, 0.1) is 11.6 Å². The monoisotopic (exact) mass is 400 g/mol. The fraction of sp³-hybridized carbons (Fsp3) is 0.381. The molecule has 0 unspecified atom stereocenters. The van der Waals surface area contributed by atoms with Gasteiger partial charge >= 0.3 is 5.92 Å². The minimum Gasteiger partial charge on any atom is -0.487 e. The highest BCUT2D eigenvalue weighted by molar-refractivity contribution is 5.80. The van der Waals surface area contributed by atoms with Crippen molar-refractivity contribution in [2.75, 3.05) is 11.9 Å². The fourth-order valence-electron chi connectivity index (χ4n) is 3.39. The van der Waals surface area contributed by atoms with E-state index >= 15 is 0 Å². The van der Waals surface area contributed by atoms with Gasteiger partial charge in [-0.25, -0.2) is 9.97 Å². The second-order valence-corrected chi connectivity index (χ2v) is 7.27. The Hall–Kier alpha value is -2.87. The molecule has 1 aromatic carbocycles. The topological polar surface area (TPSA) is 80.2 Å². The van der Waals surface area contributed by atoms with Gasteiger partial charge in [0.2, 0.25) is 5.95 Å². The Kier molecular flexibility index (Phi) is 5.53. The van der Waals surface area contributed by atoms with Crippen molar-refractivity contribution in [2.24, 2.45) is 0 Å². The largest absolute Gasteiger partial charge is 0.487 e. The number of aromatic nitrogens is 3. The molecular weight excluding hydrogens is 378 g/mol. The molecule has 152 valence electrons. The molecule has 0 bridgehead atoms. The first kappa shape index (κ1) is 19.4. The van der Waals surface area contributed by atoms with Crippen LogP contribution < -0.4 is 10.1 Å². The summed E-state index contributed by atoms with van der Waals surface area (Å²) >= 11 is 0. The fourth-order valence-corrected chi connectivity index (χ4v) is 3.39. The molecule has 29 heavy (non-hydrogen) atoms. The molecule has 2 aromatic heterocycles. The molecule has 0 atom stereocenters. The summed E-state index contributed by atoms with van der Waals surface area (Å²) in [4.78, 5) is 12.5. The molecular formula is C21H22F2N4O2. The maximum atomic E-state index is 14.3. The van der Waals surface area contributed by atoms with Crippen LogP contribution in [0.1, 0.15) is 31.4 Å². The van der Waals surface area contributed by atoms with Crippen LogP contribution in [0.15, 0.2) is 48.8 Å². The average molecular weight is 400 g/mol. The van der Waals surface area contributed by atoms with Gasteiger partial charge < -0.3 is 15.2 Å². The van der Waals surface area contributed by atoms with Crippen LogP contribution in [0, 0.1) is 0 Å². The van der Waals surface area contributed by atoms with Crippen LogP contribution in [0.3, 0.4) is 0 Å². The summed E-state index contributed by atoms with van der Waals surface area (Å²) < 4.78 is 33.9. The van der Waals surface area contributed by atoms with E-state index in [-0.39, 0.29) is 17.8 Å². The van der Waals surface area contributed by atoms with E-state index in [9.17, 15) is 13.9 Å². The normalized spacial score (nSPS) is 19.8. The second kappa shape index (κ2) is 8.24. The number of fused-ring (bicyclic) bond motifs is 1. The highest BCUT2D eigenvalue weighted by atomic mass is 19.3. The molecule has 3 aromatic rings. The molecule has 2 N–H and O–H groups in total. The number of nitrogens with one attached hydrogen (secondary N) is 1. The minimum atomic E-state index is -3.19. The molecule has 1 fully saturated rings. The number of anilines is 1. The third-order valence-electron chi connectivity index (χ3n) is 5.04. The van der Waals surface area contributed by atoms with Gasteiger partial charge in [-0.3, -0.25) is 4.98 Å². The van der Waals surface area contributed by atoms with Crippen LogP contribution in [0.4, 0.5) is 14.7 Å². The molecule has 8 heteroatoms. The summed E-state index contributed by atoms with van der Waals surface area (Å²) in [6, 6.07) is 9.59. The third-order valence-corrected chi connectivity index (χ3v) is 5.04. The van der Waals surface area contributed by atoms with Crippen molar-refractivity contribution in [1.29, 1.82) is 0 Å². The number of halogens is 2. The van der Waals surface area contributed by atoms with E-state index in [1.807, 2.05) is 0 Å². The van der Waals surface area contributed by atoms with Crippen molar-refractivity contribution < 1.29 is 18.6 Å².